The van der Waals surface area contributed by atoms with Gasteiger partial charge < -0.3 is 9.47 Å². The molecular weight excluding hydrogens is 208 g/mol. The lowest BCUT2D eigenvalue weighted by Gasteiger charge is -2.13. The van der Waals surface area contributed by atoms with Gasteiger partial charge in [-0.1, -0.05) is 0 Å². The third kappa shape index (κ3) is 2.31. The summed E-state index contributed by atoms with van der Waals surface area (Å²) in [5, 5.41) is 7.75. The van der Waals surface area contributed by atoms with Crippen LogP contribution in [0.4, 0.5) is 0 Å². The number of aromatic amines is 1. The van der Waals surface area contributed by atoms with E-state index in [-0.39, 0.29) is 5.97 Å². The quantitative estimate of drug-likeness (QED) is 0.633. The molecule has 2 aromatic rings. The summed E-state index contributed by atoms with van der Waals surface area (Å²) >= 11 is 0. The van der Waals surface area contributed by atoms with Crippen LogP contribution < -0.4 is 4.74 Å². The molecule has 2 rings (SSSR count). The Morgan fingerprint density at radius 3 is 3.06 bits per heavy atom. The molecule has 0 spiro atoms. The summed E-state index contributed by atoms with van der Waals surface area (Å²) in [4.78, 5) is 10.7. The molecule has 84 valence electrons. The van der Waals surface area contributed by atoms with E-state index in [2.05, 4.69) is 10.2 Å². The van der Waals surface area contributed by atoms with Crippen molar-refractivity contribution >= 4 is 16.9 Å². The molecule has 1 heterocycles. The Morgan fingerprint density at radius 2 is 2.31 bits per heavy atom. The van der Waals surface area contributed by atoms with E-state index < -0.39 is 6.29 Å². The highest BCUT2D eigenvalue weighted by molar-refractivity contribution is 5.79. The van der Waals surface area contributed by atoms with Gasteiger partial charge in [0, 0.05) is 25.3 Å². The van der Waals surface area contributed by atoms with Gasteiger partial charge in [-0.05, 0) is 12.1 Å². The molecule has 0 saturated carbocycles. The van der Waals surface area contributed by atoms with Crippen molar-refractivity contribution in [2.75, 3.05) is 0 Å². The third-order valence-corrected chi connectivity index (χ3v) is 2.05. The Bertz CT molecular complexity index is 507. The van der Waals surface area contributed by atoms with E-state index in [4.69, 9.17) is 9.47 Å². The minimum Gasteiger partial charge on any atom is -0.455 e. The van der Waals surface area contributed by atoms with Crippen LogP contribution in [0.5, 0.6) is 5.75 Å². The number of nitrogens with zero attached hydrogens (tertiary/aromatic N) is 1. The molecule has 1 aromatic heterocycles. The Balaban J connectivity index is 2.11. The number of H-pyrrole nitrogens is 1. The van der Waals surface area contributed by atoms with E-state index in [0.29, 0.717) is 5.75 Å². The van der Waals surface area contributed by atoms with E-state index in [9.17, 15) is 4.79 Å². The summed E-state index contributed by atoms with van der Waals surface area (Å²) in [5.41, 5.74) is 0.882. The van der Waals surface area contributed by atoms with Gasteiger partial charge in [0.05, 0.1) is 11.7 Å². The second-order valence-corrected chi connectivity index (χ2v) is 3.41. The summed E-state index contributed by atoms with van der Waals surface area (Å²) in [6.45, 7) is 3.01. The molecule has 1 N–H and O–H groups in total. The normalized spacial score (nSPS) is 12.4. The first-order valence-electron chi connectivity index (χ1n) is 4.92. The number of hydrogen-bond donors (Lipinski definition) is 1. The van der Waals surface area contributed by atoms with Gasteiger partial charge in [0.1, 0.15) is 5.75 Å². The molecule has 0 aliphatic rings. The summed E-state index contributed by atoms with van der Waals surface area (Å²) in [5.74, 6) is 0.264. The third-order valence-electron chi connectivity index (χ3n) is 2.05. The maximum Gasteiger partial charge on any atom is 0.305 e. The van der Waals surface area contributed by atoms with Crippen LogP contribution >= 0.6 is 0 Å². The largest absolute Gasteiger partial charge is 0.455 e. The number of esters is 1. The fourth-order valence-electron chi connectivity index (χ4n) is 1.44. The standard InChI is InChI=1S/C11H12N2O3/c1-7(14)15-8(2)16-10-4-3-9-6-12-13-11(9)5-10/h3-6,8H,1-2H3,(H,12,13). The van der Waals surface area contributed by atoms with E-state index >= 15 is 0 Å². The number of carbonyl (C=O) groups excluding carboxylic acids is 1. The minimum atomic E-state index is -0.599. The second kappa shape index (κ2) is 4.22. The molecule has 0 bridgehead atoms. The van der Waals surface area contributed by atoms with Gasteiger partial charge in [0.25, 0.3) is 0 Å². The van der Waals surface area contributed by atoms with Gasteiger partial charge in [0.15, 0.2) is 0 Å². The van der Waals surface area contributed by atoms with Crippen molar-refractivity contribution in [1.82, 2.24) is 10.2 Å². The number of hydrogen-bond acceptors (Lipinski definition) is 4. The predicted octanol–water partition coefficient (Wildman–Crippen LogP) is 1.85. The fraction of sp³-hybridized carbons (Fsp3) is 0.273. The second-order valence-electron chi connectivity index (χ2n) is 3.41. The van der Waals surface area contributed by atoms with Crippen molar-refractivity contribution in [3.8, 4) is 5.75 Å². The molecule has 0 fully saturated rings. The molecule has 1 aromatic carbocycles. The first-order valence-corrected chi connectivity index (χ1v) is 4.92. The maximum atomic E-state index is 10.7. The van der Waals surface area contributed by atoms with Gasteiger partial charge in [-0.25, -0.2) is 0 Å². The zero-order valence-electron chi connectivity index (χ0n) is 9.06. The Hall–Kier alpha value is -2.04. The number of rotatable bonds is 3. The molecule has 0 saturated heterocycles. The highest BCUT2D eigenvalue weighted by Gasteiger charge is 2.07. The minimum absolute atomic E-state index is 0.366. The van der Waals surface area contributed by atoms with Gasteiger partial charge in [0.2, 0.25) is 6.29 Å². The molecule has 5 heteroatoms. The number of benzene rings is 1. The van der Waals surface area contributed by atoms with Crippen molar-refractivity contribution in [2.24, 2.45) is 0 Å². The van der Waals surface area contributed by atoms with Crippen LogP contribution in [-0.4, -0.2) is 22.5 Å². The molecule has 1 atom stereocenters. The summed E-state index contributed by atoms with van der Waals surface area (Å²) < 4.78 is 10.3. The number of carbonyl (C=O) groups is 1. The van der Waals surface area contributed by atoms with E-state index in [1.165, 1.54) is 6.92 Å². The zero-order valence-corrected chi connectivity index (χ0v) is 9.06. The highest BCUT2D eigenvalue weighted by atomic mass is 16.7. The van der Waals surface area contributed by atoms with E-state index in [1.54, 1.807) is 19.2 Å². The lowest BCUT2D eigenvalue weighted by atomic mass is 10.2. The van der Waals surface area contributed by atoms with Crippen molar-refractivity contribution in [1.29, 1.82) is 0 Å². The first-order chi connectivity index (χ1) is 7.65. The fourth-order valence-corrected chi connectivity index (χ4v) is 1.44. The molecular formula is C11H12N2O3. The maximum absolute atomic E-state index is 10.7. The van der Waals surface area contributed by atoms with Crippen molar-refractivity contribution < 1.29 is 14.3 Å². The molecule has 5 nitrogen and oxygen atoms in total. The summed E-state index contributed by atoms with van der Waals surface area (Å²) in [6, 6.07) is 5.49. The molecule has 1 unspecified atom stereocenters. The molecule has 0 aliphatic heterocycles. The van der Waals surface area contributed by atoms with Crippen LogP contribution in [0, 0.1) is 0 Å². The Kier molecular flexibility index (Phi) is 2.76. The lowest BCUT2D eigenvalue weighted by molar-refractivity contribution is -0.158. The summed E-state index contributed by atoms with van der Waals surface area (Å²) in [7, 11) is 0. The molecule has 0 aliphatic carbocycles. The smallest absolute Gasteiger partial charge is 0.305 e. The van der Waals surface area contributed by atoms with Gasteiger partial charge in [-0.3, -0.25) is 9.89 Å². The molecule has 0 amide bonds. The topological polar surface area (TPSA) is 64.2 Å². The number of aromatic nitrogens is 2. The zero-order chi connectivity index (χ0) is 11.5. The van der Waals surface area contributed by atoms with Crippen LogP contribution in [0.15, 0.2) is 24.4 Å². The van der Waals surface area contributed by atoms with E-state index in [0.717, 1.165) is 10.9 Å². The first kappa shape index (κ1) is 10.5. The van der Waals surface area contributed by atoms with Gasteiger partial charge in [-0.15, -0.1) is 0 Å². The summed E-state index contributed by atoms with van der Waals surface area (Å²) in [6.07, 6.45) is 1.13. The van der Waals surface area contributed by atoms with Crippen molar-refractivity contribution in [2.45, 2.75) is 20.1 Å². The average Bonchev–Trinajstić information content (AvgIpc) is 2.63. The van der Waals surface area contributed by atoms with Crippen LogP contribution in [0.1, 0.15) is 13.8 Å². The number of nitrogens with one attached hydrogen (secondary N) is 1. The van der Waals surface area contributed by atoms with Crippen LogP contribution in [-0.2, 0) is 9.53 Å². The highest BCUT2D eigenvalue weighted by Crippen LogP contribution is 2.19. The van der Waals surface area contributed by atoms with Crippen LogP contribution in [0.25, 0.3) is 10.9 Å². The Labute approximate surface area is 92.4 Å². The number of fused-ring (bicyclic) bond motifs is 1. The average molecular weight is 220 g/mol. The SMILES string of the molecule is CC(=O)OC(C)Oc1ccc2cn[nH]c2c1. The predicted molar refractivity (Wildman–Crippen MR) is 57.9 cm³/mol. The number of ether oxygens (including phenoxy) is 2. The Morgan fingerprint density at radius 1 is 1.50 bits per heavy atom. The van der Waals surface area contributed by atoms with Gasteiger partial charge in [-0.2, -0.15) is 5.10 Å². The van der Waals surface area contributed by atoms with Crippen molar-refractivity contribution in [3.05, 3.63) is 24.4 Å². The monoisotopic (exact) mass is 220 g/mol. The van der Waals surface area contributed by atoms with E-state index in [1.807, 2.05) is 12.1 Å². The van der Waals surface area contributed by atoms with Crippen molar-refractivity contribution in [3.63, 3.8) is 0 Å². The lowest BCUT2D eigenvalue weighted by Crippen LogP contribution is -2.18. The molecule has 16 heavy (non-hydrogen) atoms. The van der Waals surface area contributed by atoms with Crippen LogP contribution in [0.2, 0.25) is 0 Å². The molecule has 0 radical (unpaired) electrons. The van der Waals surface area contributed by atoms with Crippen LogP contribution in [0.3, 0.4) is 0 Å². The van der Waals surface area contributed by atoms with Gasteiger partial charge >= 0.3 is 5.97 Å².